The summed E-state index contributed by atoms with van der Waals surface area (Å²) in [7, 11) is 0. The Labute approximate surface area is 76.4 Å². The maximum Gasteiger partial charge on any atom is 0.163 e. The summed E-state index contributed by atoms with van der Waals surface area (Å²) in [6, 6.07) is 6.23. The van der Waals surface area contributed by atoms with Gasteiger partial charge in [0.05, 0.1) is 11.0 Å². The maximum absolute atomic E-state index is 4.20. The summed E-state index contributed by atoms with van der Waals surface area (Å²) in [5.41, 5.74) is 3.37. The average molecular weight is 178 g/mol. The molecule has 0 aliphatic carbocycles. The van der Waals surface area contributed by atoms with Crippen LogP contribution in [0.5, 0.6) is 0 Å². The monoisotopic (exact) mass is 178 g/mol. The second-order valence-corrected chi connectivity index (χ2v) is 3.19. The van der Waals surface area contributed by atoms with Crippen molar-refractivity contribution in [2.45, 2.75) is 18.5 Å². The van der Waals surface area contributed by atoms with E-state index in [2.05, 4.69) is 41.7 Å². The molecule has 0 atom stereocenters. The van der Waals surface area contributed by atoms with Crippen molar-refractivity contribution < 1.29 is 0 Å². The topological polar surface area (TPSA) is 28.7 Å². The summed E-state index contributed by atoms with van der Waals surface area (Å²) in [4.78, 5) is 7.28. The zero-order valence-corrected chi connectivity index (χ0v) is 7.73. The van der Waals surface area contributed by atoms with E-state index in [9.17, 15) is 0 Å². The smallest absolute Gasteiger partial charge is 0.163 e. The Kier molecular flexibility index (Phi) is 1.81. The number of rotatable bonds is 1. The van der Waals surface area contributed by atoms with E-state index in [-0.39, 0.29) is 0 Å². The van der Waals surface area contributed by atoms with Gasteiger partial charge in [-0.1, -0.05) is 13.0 Å². The molecule has 0 spiro atoms. The van der Waals surface area contributed by atoms with Crippen LogP contribution in [-0.2, 0) is 6.42 Å². The Morgan fingerprint density at radius 3 is 3.08 bits per heavy atom. The van der Waals surface area contributed by atoms with Gasteiger partial charge in [0.15, 0.2) is 5.16 Å². The zero-order chi connectivity index (χ0) is 8.55. The summed E-state index contributed by atoms with van der Waals surface area (Å²) in [5, 5.41) is 0.679. The molecule has 0 unspecified atom stereocenters. The van der Waals surface area contributed by atoms with Crippen LogP contribution in [0.2, 0.25) is 0 Å². The van der Waals surface area contributed by atoms with Gasteiger partial charge in [-0.25, -0.2) is 4.98 Å². The zero-order valence-electron chi connectivity index (χ0n) is 6.83. The highest BCUT2D eigenvalue weighted by molar-refractivity contribution is 7.80. The Bertz CT molecular complexity index is 406. The molecule has 0 bridgehead atoms. The van der Waals surface area contributed by atoms with E-state index in [1.807, 2.05) is 6.07 Å². The highest BCUT2D eigenvalue weighted by atomic mass is 32.1. The van der Waals surface area contributed by atoms with Gasteiger partial charge in [-0.05, 0) is 24.1 Å². The van der Waals surface area contributed by atoms with E-state index in [0.717, 1.165) is 17.5 Å². The molecular weight excluding hydrogens is 168 g/mol. The fourth-order valence-electron chi connectivity index (χ4n) is 1.26. The van der Waals surface area contributed by atoms with Gasteiger partial charge < -0.3 is 4.98 Å². The third kappa shape index (κ3) is 1.20. The minimum atomic E-state index is 0.679. The van der Waals surface area contributed by atoms with Gasteiger partial charge in [0.1, 0.15) is 0 Å². The van der Waals surface area contributed by atoms with Crippen molar-refractivity contribution in [2.24, 2.45) is 0 Å². The number of nitrogens with one attached hydrogen (secondary N) is 1. The number of benzene rings is 1. The predicted molar refractivity (Wildman–Crippen MR) is 52.7 cm³/mol. The van der Waals surface area contributed by atoms with Crippen molar-refractivity contribution in [3.8, 4) is 0 Å². The van der Waals surface area contributed by atoms with Crippen LogP contribution in [-0.4, -0.2) is 9.97 Å². The number of fused-ring (bicyclic) bond motifs is 1. The third-order valence-corrected chi connectivity index (χ3v) is 2.15. The number of hydrogen-bond acceptors (Lipinski definition) is 2. The molecule has 0 saturated heterocycles. The number of nitrogens with zero attached hydrogens (tertiary/aromatic N) is 1. The van der Waals surface area contributed by atoms with Gasteiger partial charge >= 0.3 is 0 Å². The van der Waals surface area contributed by atoms with Crippen molar-refractivity contribution in [3.05, 3.63) is 23.8 Å². The maximum atomic E-state index is 4.20. The molecule has 12 heavy (non-hydrogen) atoms. The van der Waals surface area contributed by atoms with Crippen LogP contribution in [0.4, 0.5) is 0 Å². The first-order valence-electron chi connectivity index (χ1n) is 3.97. The molecule has 1 aromatic heterocycles. The van der Waals surface area contributed by atoms with Crippen molar-refractivity contribution >= 4 is 23.7 Å². The van der Waals surface area contributed by atoms with Crippen molar-refractivity contribution in [3.63, 3.8) is 0 Å². The first kappa shape index (κ1) is 7.68. The van der Waals surface area contributed by atoms with E-state index >= 15 is 0 Å². The standard InChI is InChI=1S/C9H10N2S/c1-2-6-3-4-7-8(5-6)11-9(12)10-7/h3-5H,2H2,1H3,(H2,10,11,12). The second-order valence-electron chi connectivity index (χ2n) is 2.77. The highest BCUT2D eigenvalue weighted by Gasteiger charge is 1.98. The van der Waals surface area contributed by atoms with Crippen LogP contribution in [0.25, 0.3) is 11.0 Å². The van der Waals surface area contributed by atoms with Crippen LogP contribution in [0.1, 0.15) is 12.5 Å². The number of aryl methyl sites for hydroxylation is 1. The number of imidazole rings is 1. The molecule has 2 nitrogen and oxygen atoms in total. The molecule has 3 heteroatoms. The molecule has 1 heterocycles. The first-order valence-corrected chi connectivity index (χ1v) is 4.42. The molecule has 0 amide bonds. The lowest BCUT2D eigenvalue weighted by molar-refractivity contribution is 1.09. The highest BCUT2D eigenvalue weighted by Crippen LogP contribution is 2.15. The predicted octanol–water partition coefficient (Wildman–Crippen LogP) is 2.41. The van der Waals surface area contributed by atoms with Crippen molar-refractivity contribution in [1.29, 1.82) is 0 Å². The molecule has 2 rings (SSSR count). The minimum Gasteiger partial charge on any atom is -0.333 e. The van der Waals surface area contributed by atoms with Crippen LogP contribution in [0.15, 0.2) is 23.4 Å². The van der Waals surface area contributed by atoms with Crippen LogP contribution < -0.4 is 0 Å². The van der Waals surface area contributed by atoms with Crippen LogP contribution in [0.3, 0.4) is 0 Å². The lowest BCUT2D eigenvalue weighted by Gasteiger charge is -1.93. The van der Waals surface area contributed by atoms with E-state index in [1.165, 1.54) is 5.56 Å². The molecule has 62 valence electrons. The van der Waals surface area contributed by atoms with Crippen molar-refractivity contribution in [1.82, 2.24) is 9.97 Å². The first-order chi connectivity index (χ1) is 5.79. The molecule has 0 aliphatic heterocycles. The average Bonchev–Trinajstić information content (AvgIpc) is 2.43. The number of aromatic nitrogens is 2. The van der Waals surface area contributed by atoms with Gasteiger partial charge in [-0.2, -0.15) is 0 Å². The fraction of sp³-hybridized carbons (Fsp3) is 0.222. The lowest BCUT2D eigenvalue weighted by atomic mass is 10.1. The summed E-state index contributed by atoms with van der Waals surface area (Å²) >= 11 is 4.14. The molecule has 0 radical (unpaired) electrons. The minimum absolute atomic E-state index is 0.679. The quantitative estimate of drug-likeness (QED) is 0.645. The van der Waals surface area contributed by atoms with E-state index in [0.29, 0.717) is 5.16 Å². The molecule has 0 saturated carbocycles. The fourth-order valence-corrected chi connectivity index (χ4v) is 1.49. The summed E-state index contributed by atoms with van der Waals surface area (Å²) in [6.45, 7) is 2.14. The third-order valence-electron chi connectivity index (χ3n) is 1.94. The Morgan fingerprint density at radius 2 is 2.33 bits per heavy atom. The molecule has 1 aromatic carbocycles. The molecule has 0 aliphatic rings. The summed E-state index contributed by atoms with van der Waals surface area (Å²) in [6.07, 6.45) is 1.05. The molecule has 0 fully saturated rings. The largest absolute Gasteiger partial charge is 0.333 e. The lowest BCUT2D eigenvalue weighted by Crippen LogP contribution is -1.78. The normalized spacial score (nSPS) is 10.8. The molecule has 1 N–H and O–H groups in total. The van der Waals surface area contributed by atoms with Crippen LogP contribution in [0, 0.1) is 0 Å². The number of hydrogen-bond donors (Lipinski definition) is 2. The number of thiol groups is 1. The van der Waals surface area contributed by atoms with Gasteiger partial charge in [0, 0.05) is 0 Å². The SMILES string of the molecule is CCc1ccc2nc(S)[nH]c2c1. The number of aromatic amines is 1. The Morgan fingerprint density at radius 1 is 1.50 bits per heavy atom. The van der Waals surface area contributed by atoms with Crippen LogP contribution >= 0.6 is 12.6 Å². The summed E-state index contributed by atoms with van der Waals surface area (Å²) in [5.74, 6) is 0. The van der Waals surface area contributed by atoms with Gasteiger partial charge in [-0.15, -0.1) is 12.6 Å². The molecule has 2 aromatic rings. The van der Waals surface area contributed by atoms with Gasteiger partial charge in [0.2, 0.25) is 0 Å². The van der Waals surface area contributed by atoms with E-state index in [4.69, 9.17) is 0 Å². The number of H-pyrrole nitrogens is 1. The second kappa shape index (κ2) is 2.83. The Balaban J connectivity index is 2.66. The van der Waals surface area contributed by atoms with Crippen molar-refractivity contribution in [2.75, 3.05) is 0 Å². The summed E-state index contributed by atoms with van der Waals surface area (Å²) < 4.78 is 0. The van der Waals surface area contributed by atoms with E-state index in [1.54, 1.807) is 0 Å². The van der Waals surface area contributed by atoms with E-state index < -0.39 is 0 Å². The molecular formula is C9H10N2S. The Hall–Kier alpha value is -0.960. The van der Waals surface area contributed by atoms with Gasteiger partial charge in [-0.3, -0.25) is 0 Å². The van der Waals surface area contributed by atoms with Gasteiger partial charge in [0.25, 0.3) is 0 Å².